The van der Waals surface area contributed by atoms with Gasteiger partial charge in [0.2, 0.25) is 0 Å². The van der Waals surface area contributed by atoms with Crippen LogP contribution in [0.2, 0.25) is 0 Å². The van der Waals surface area contributed by atoms with Gasteiger partial charge in [-0.3, -0.25) is 9.59 Å². The van der Waals surface area contributed by atoms with Gasteiger partial charge in [-0.15, -0.1) is 0 Å². The molecule has 5 rings (SSSR count). The van der Waals surface area contributed by atoms with Crippen molar-refractivity contribution in [3.63, 3.8) is 0 Å². The quantitative estimate of drug-likeness (QED) is 0.223. The highest BCUT2D eigenvalue weighted by Crippen LogP contribution is 2.41. The van der Waals surface area contributed by atoms with Crippen molar-refractivity contribution >= 4 is 28.4 Å². The number of fused-ring (bicyclic) bond motifs is 1. The highest BCUT2D eigenvalue weighted by atomic mass is 16.5. The Bertz CT molecular complexity index is 1450. The minimum Gasteiger partial charge on any atom is -0.507 e. The normalized spacial score (nSPS) is 17.1. The van der Waals surface area contributed by atoms with Crippen molar-refractivity contribution in [3.05, 3.63) is 101 Å². The molecule has 2 heterocycles. The summed E-state index contributed by atoms with van der Waals surface area (Å²) >= 11 is 0. The van der Waals surface area contributed by atoms with E-state index in [1.54, 1.807) is 32.5 Å². The van der Waals surface area contributed by atoms with Crippen LogP contribution in [0.3, 0.4) is 0 Å². The second-order valence-electron chi connectivity index (χ2n) is 8.61. The second kappa shape index (κ2) is 9.62. The molecule has 1 saturated heterocycles. The number of carbonyl (C=O) groups excluding carboxylic acids is 2. The largest absolute Gasteiger partial charge is 0.507 e. The molecular formula is C29H26N2O5. The Morgan fingerprint density at radius 2 is 1.56 bits per heavy atom. The van der Waals surface area contributed by atoms with Crippen molar-refractivity contribution in [2.75, 3.05) is 20.8 Å². The number of likely N-dealkylation sites (tertiary alicyclic amines) is 1. The Kier molecular flexibility index (Phi) is 6.21. The van der Waals surface area contributed by atoms with Gasteiger partial charge in [0.05, 0.1) is 25.8 Å². The fraction of sp³-hybridized carbons (Fsp3) is 0.172. The molecule has 1 atom stereocenters. The SMILES string of the molecule is COc1ccc(CCN2C(=O)C(=O)/C(=C(\O)c3c[nH]c4ccccc34)C2c2ccc(OC)cc2)cc1. The monoisotopic (exact) mass is 482 g/mol. The fourth-order valence-electron chi connectivity index (χ4n) is 4.70. The van der Waals surface area contributed by atoms with Crippen molar-refractivity contribution in [3.8, 4) is 11.5 Å². The number of para-hydroxylation sites is 1. The molecule has 4 aromatic rings. The Balaban J connectivity index is 1.57. The summed E-state index contributed by atoms with van der Waals surface area (Å²) in [5.74, 6) is -0.126. The van der Waals surface area contributed by atoms with E-state index < -0.39 is 17.7 Å². The van der Waals surface area contributed by atoms with Gasteiger partial charge in [0.15, 0.2) is 0 Å². The molecular weight excluding hydrogens is 456 g/mol. The Morgan fingerprint density at radius 1 is 0.917 bits per heavy atom. The standard InChI is InChI=1S/C29H26N2O5/c1-35-20-11-7-18(8-12-20)15-16-31-26(19-9-13-21(36-2)14-10-19)25(28(33)29(31)34)27(32)23-17-30-24-6-4-3-5-22(23)24/h3-14,17,26,30,32H,15-16H2,1-2H3/b27-25-. The van der Waals surface area contributed by atoms with Gasteiger partial charge in [-0.1, -0.05) is 42.5 Å². The average Bonchev–Trinajstić information content (AvgIpc) is 3.46. The van der Waals surface area contributed by atoms with Gasteiger partial charge in [0.1, 0.15) is 17.3 Å². The zero-order chi connectivity index (χ0) is 25.2. The molecule has 182 valence electrons. The minimum atomic E-state index is -0.734. The smallest absolute Gasteiger partial charge is 0.295 e. The number of ketones is 1. The molecule has 3 aromatic carbocycles. The van der Waals surface area contributed by atoms with Gasteiger partial charge in [-0.05, 0) is 47.9 Å². The van der Waals surface area contributed by atoms with Crippen LogP contribution < -0.4 is 9.47 Å². The number of amides is 1. The number of ether oxygens (including phenoxy) is 2. The third-order valence-corrected chi connectivity index (χ3v) is 6.62. The van der Waals surface area contributed by atoms with Crippen molar-refractivity contribution in [2.24, 2.45) is 0 Å². The molecule has 1 amide bonds. The van der Waals surface area contributed by atoms with Crippen molar-refractivity contribution in [2.45, 2.75) is 12.5 Å². The summed E-state index contributed by atoms with van der Waals surface area (Å²) in [4.78, 5) is 31.3. The van der Waals surface area contributed by atoms with E-state index in [0.29, 0.717) is 29.8 Å². The zero-order valence-corrected chi connectivity index (χ0v) is 20.0. The first-order valence-corrected chi connectivity index (χ1v) is 11.6. The predicted molar refractivity (Wildman–Crippen MR) is 137 cm³/mol. The summed E-state index contributed by atoms with van der Waals surface area (Å²) in [5.41, 5.74) is 3.10. The van der Waals surface area contributed by atoms with E-state index in [0.717, 1.165) is 22.2 Å². The number of nitrogens with zero attached hydrogens (tertiary/aromatic N) is 1. The highest BCUT2D eigenvalue weighted by Gasteiger charge is 2.46. The van der Waals surface area contributed by atoms with Crippen molar-refractivity contribution in [1.29, 1.82) is 0 Å². The number of carbonyl (C=O) groups is 2. The summed E-state index contributed by atoms with van der Waals surface area (Å²) in [6.07, 6.45) is 2.20. The van der Waals surface area contributed by atoms with E-state index in [4.69, 9.17) is 9.47 Å². The summed E-state index contributed by atoms with van der Waals surface area (Å²) in [5, 5.41) is 12.2. The number of nitrogens with one attached hydrogen (secondary N) is 1. The zero-order valence-electron chi connectivity index (χ0n) is 20.0. The molecule has 1 aliphatic heterocycles. The third-order valence-electron chi connectivity index (χ3n) is 6.62. The molecule has 0 aliphatic carbocycles. The first-order chi connectivity index (χ1) is 17.5. The van der Waals surface area contributed by atoms with E-state index in [-0.39, 0.29) is 11.3 Å². The van der Waals surface area contributed by atoms with Gasteiger partial charge in [-0.2, -0.15) is 0 Å². The summed E-state index contributed by atoms with van der Waals surface area (Å²) in [6.45, 7) is 0.304. The maximum Gasteiger partial charge on any atom is 0.295 e. The van der Waals surface area contributed by atoms with Crippen LogP contribution in [-0.4, -0.2) is 47.4 Å². The van der Waals surface area contributed by atoms with Crippen LogP contribution in [-0.2, 0) is 16.0 Å². The lowest BCUT2D eigenvalue weighted by Crippen LogP contribution is -2.31. The summed E-state index contributed by atoms with van der Waals surface area (Å²) in [7, 11) is 3.18. The van der Waals surface area contributed by atoms with Gasteiger partial charge in [0.25, 0.3) is 11.7 Å². The molecule has 7 heteroatoms. The summed E-state index contributed by atoms with van der Waals surface area (Å²) in [6, 6.07) is 21.6. The number of methoxy groups -OCH3 is 2. The Morgan fingerprint density at radius 3 is 2.22 bits per heavy atom. The van der Waals surface area contributed by atoms with Gasteiger partial charge in [-0.25, -0.2) is 0 Å². The number of aromatic amines is 1. The van der Waals surface area contributed by atoms with Crippen LogP contribution >= 0.6 is 0 Å². The molecule has 1 aliphatic rings. The average molecular weight is 483 g/mol. The van der Waals surface area contributed by atoms with Crippen molar-refractivity contribution < 1.29 is 24.2 Å². The summed E-state index contributed by atoms with van der Waals surface area (Å²) < 4.78 is 10.5. The number of aromatic nitrogens is 1. The number of benzene rings is 3. The van der Waals surface area contributed by atoms with Crippen molar-refractivity contribution in [1.82, 2.24) is 9.88 Å². The number of hydrogen-bond acceptors (Lipinski definition) is 5. The Labute approximate surface area is 208 Å². The fourth-order valence-corrected chi connectivity index (χ4v) is 4.70. The number of hydrogen-bond donors (Lipinski definition) is 2. The molecule has 0 radical (unpaired) electrons. The number of aliphatic hydroxyl groups excluding tert-OH is 1. The number of aliphatic hydroxyl groups is 1. The van der Waals surface area contributed by atoms with Crippen LogP contribution in [0.25, 0.3) is 16.7 Å². The highest BCUT2D eigenvalue weighted by molar-refractivity contribution is 6.46. The van der Waals surface area contributed by atoms with Gasteiger partial charge < -0.3 is 24.5 Å². The van der Waals surface area contributed by atoms with Crippen LogP contribution in [0.5, 0.6) is 11.5 Å². The Hall–Kier alpha value is -4.52. The van der Waals surface area contributed by atoms with Crippen LogP contribution in [0.4, 0.5) is 0 Å². The number of Topliss-reactive ketones (excluding diaryl/α,β-unsaturated/α-hetero) is 1. The molecule has 0 spiro atoms. The van der Waals surface area contributed by atoms with E-state index in [1.165, 1.54) is 4.90 Å². The van der Waals surface area contributed by atoms with Gasteiger partial charge >= 0.3 is 0 Å². The van der Waals surface area contributed by atoms with Crippen LogP contribution in [0.15, 0.2) is 84.6 Å². The third kappa shape index (κ3) is 4.09. The first kappa shape index (κ1) is 23.2. The predicted octanol–water partition coefficient (Wildman–Crippen LogP) is 4.85. The molecule has 7 nitrogen and oxygen atoms in total. The lowest BCUT2D eigenvalue weighted by molar-refractivity contribution is -0.139. The first-order valence-electron chi connectivity index (χ1n) is 11.6. The number of rotatable bonds is 7. The van der Waals surface area contributed by atoms with Crippen LogP contribution in [0.1, 0.15) is 22.7 Å². The number of H-pyrrole nitrogens is 1. The van der Waals surface area contributed by atoms with Crippen LogP contribution in [0, 0.1) is 0 Å². The molecule has 1 aromatic heterocycles. The maximum atomic E-state index is 13.3. The lowest BCUT2D eigenvalue weighted by atomic mass is 9.95. The van der Waals surface area contributed by atoms with E-state index in [2.05, 4.69) is 4.98 Å². The maximum absolute atomic E-state index is 13.3. The molecule has 1 unspecified atom stereocenters. The minimum absolute atomic E-state index is 0.0738. The van der Waals surface area contributed by atoms with Gasteiger partial charge in [0, 0.05) is 29.2 Å². The second-order valence-corrected chi connectivity index (χ2v) is 8.61. The van der Waals surface area contributed by atoms with E-state index in [9.17, 15) is 14.7 Å². The molecule has 0 bridgehead atoms. The molecule has 2 N–H and O–H groups in total. The molecule has 0 saturated carbocycles. The lowest BCUT2D eigenvalue weighted by Gasteiger charge is -2.25. The molecule has 36 heavy (non-hydrogen) atoms. The van der Waals surface area contributed by atoms with E-state index in [1.807, 2.05) is 60.7 Å². The molecule has 1 fully saturated rings. The van der Waals surface area contributed by atoms with E-state index >= 15 is 0 Å². The topological polar surface area (TPSA) is 91.9 Å².